The molecule has 0 aliphatic heterocycles. The van der Waals surface area contributed by atoms with Crippen molar-refractivity contribution in [1.29, 1.82) is 0 Å². The molecule has 4 fully saturated rings. The van der Waals surface area contributed by atoms with Crippen molar-refractivity contribution in [3.05, 3.63) is 265 Å². The normalized spacial score (nSPS) is 16.0. The summed E-state index contributed by atoms with van der Waals surface area (Å²) in [5.74, 6) is 0.338. The number of hydrogen-bond donors (Lipinski definition) is 3. The molecule has 0 unspecified atom stereocenters. The first kappa shape index (κ1) is 98.2. The molecule has 0 radical (unpaired) electrons. The highest BCUT2D eigenvalue weighted by molar-refractivity contribution is 7.93. The molecule has 126 heavy (non-hydrogen) atoms. The van der Waals surface area contributed by atoms with Crippen LogP contribution in [0.3, 0.4) is 0 Å². The maximum absolute atomic E-state index is 13.5. The van der Waals surface area contributed by atoms with Gasteiger partial charge in [-0.25, -0.2) is 46.8 Å². The summed E-state index contributed by atoms with van der Waals surface area (Å²) in [5.41, 5.74) is 5.62. The molecule has 4 aliphatic carbocycles. The Kier molecular flexibility index (Phi) is 37.6. The lowest BCUT2D eigenvalue weighted by Crippen LogP contribution is -2.42. The predicted octanol–water partition coefficient (Wildman–Crippen LogP) is 20.6. The van der Waals surface area contributed by atoms with Crippen LogP contribution in [0.2, 0.25) is 0 Å². The monoisotopic (exact) mass is 1810 g/mol. The van der Waals surface area contributed by atoms with Gasteiger partial charge in [0.2, 0.25) is 31.9 Å². The topological polar surface area (TPSA) is 297 Å². The first-order chi connectivity index (χ1) is 60.6. The number of carbonyl (C=O) groups is 4. The van der Waals surface area contributed by atoms with Gasteiger partial charge in [-0.05, 0) is 228 Å². The number of benzene rings is 9. The third kappa shape index (κ3) is 29.8. The molecule has 0 spiro atoms. The van der Waals surface area contributed by atoms with Crippen LogP contribution in [0.1, 0.15) is 219 Å². The highest BCUT2D eigenvalue weighted by Gasteiger charge is 2.35. The molecule has 13 rings (SSSR count). The number of hydrogen-bond acceptors (Lipinski definition) is 15. The van der Waals surface area contributed by atoms with Crippen LogP contribution >= 0.6 is 0 Å². The molecule has 0 bridgehead atoms. The Bertz CT molecular complexity index is 5400. The molecule has 0 heterocycles. The molecule has 0 aromatic heterocycles. The van der Waals surface area contributed by atoms with E-state index in [4.69, 9.17) is 4.74 Å². The van der Waals surface area contributed by atoms with Crippen LogP contribution < -0.4 is 28.7 Å². The fourth-order valence-electron chi connectivity index (χ4n) is 16.6. The molecule has 27 heteroatoms. The Hall–Kier alpha value is -10.0. The van der Waals surface area contributed by atoms with Gasteiger partial charge in [-0.1, -0.05) is 213 Å². The summed E-state index contributed by atoms with van der Waals surface area (Å²) in [6.45, 7) is 4.21. The molecule has 4 aliphatic rings. The summed E-state index contributed by atoms with van der Waals surface area (Å²) in [5, 5.41) is 0. The van der Waals surface area contributed by atoms with E-state index in [1.165, 1.54) is 49.2 Å². The van der Waals surface area contributed by atoms with E-state index in [1.807, 2.05) is 96.9 Å². The molecule has 22 nitrogen and oxygen atoms in total. The minimum Gasteiger partial charge on any atom is -0.497 e. The van der Waals surface area contributed by atoms with Crippen molar-refractivity contribution in [1.82, 2.24) is 14.5 Å². The van der Waals surface area contributed by atoms with E-state index in [9.17, 15) is 61.3 Å². The SMILES string of the molecule is CCCCCCS(=O)(=O)NC1CCC(C(=O)N(c2ccccc2)c2ccccc2)CC1.CCCCCCS(=O)(=O)Nc1ccc(N(C(=O)C2CCCCC2)c2ccc(OC)cc2)cc1.CN(C(=O)c1cc(CS(=O)(=O)c2ccccc2)cc(NS(=O)(=O)c2ccccc2)c1)C1CCCCC1.CN(C(=O)c1cccc(CS(=O)(=O)c2ccccc2)c1)C1CCCCC1. The maximum Gasteiger partial charge on any atom is 0.261 e. The number of carbonyl (C=O) groups excluding carboxylic acids is 4. The summed E-state index contributed by atoms with van der Waals surface area (Å²) >= 11 is 0. The lowest BCUT2D eigenvalue weighted by molar-refractivity contribution is -0.123. The first-order valence-corrected chi connectivity index (χ1v) is 52.6. The average molecular weight is 1810 g/mol. The lowest BCUT2D eigenvalue weighted by atomic mass is 9.85. The Balaban J connectivity index is 0.000000176. The fraction of sp³-hybridized carbons (Fsp3) is 0.414. The van der Waals surface area contributed by atoms with Crippen LogP contribution in [-0.2, 0) is 70.8 Å². The summed E-state index contributed by atoms with van der Waals surface area (Å²) < 4.78 is 140. The molecule has 4 amide bonds. The Morgan fingerprint density at radius 2 is 0.754 bits per heavy atom. The van der Waals surface area contributed by atoms with Crippen molar-refractivity contribution < 1.29 is 66.0 Å². The number of sulfone groups is 2. The lowest BCUT2D eigenvalue weighted by Gasteiger charge is -2.32. The first-order valence-electron chi connectivity index (χ1n) is 44.5. The van der Waals surface area contributed by atoms with E-state index in [-0.39, 0.29) is 97.6 Å². The van der Waals surface area contributed by atoms with Crippen molar-refractivity contribution in [2.45, 2.75) is 232 Å². The minimum atomic E-state index is -3.93. The molecule has 676 valence electrons. The number of amides is 4. The van der Waals surface area contributed by atoms with Gasteiger partial charge in [-0.15, -0.1) is 0 Å². The average Bonchev–Trinajstić information content (AvgIpc) is 0.809. The van der Waals surface area contributed by atoms with Gasteiger partial charge >= 0.3 is 0 Å². The molecule has 0 saturated heterocycles. The zero-order valence-electron chi connectivity index (χ0n) is 73.4. The number of nitrogens with one attached hydrogen (secondary N) is 3. The largest absolute Gasteiger partial charge is 0.497 e. The van der Waals surface area contributed by atoms with Crippen molar-refractivity contribution in [3.8, 4) is 5.75 Å². The van der Waals surface area contributed by atoms with Crippen LogP contribution in [0, 0.1) is 11.8 Å². The standard InChI is InChI=1S/C27H30N2O5S2.C26H36N2O4S.C25H34N2O3S.C21H25NO3S/c1-29(24-11-5-2-6-12-24)27(30)22-17-21(20-35(31,32)25-13-7-3-8-14-25)18-23(19-22)28-36(33,34)26-15-9-4-10-16-26;1-3-4-5-9-20-33(30,31)27-22-12-14-23(15-13-22)28(24-16-18-25(32-2)19-17-24)26(29)21-10-7-6-8-11-21;1-2-3-4-11-20-31(29,30)26-22-18-16-21(17-19-22)25(28)27(23-12-7-5-8-13-23)24-14-9-6-10-15-24;1-22(19-11-4-2-5-12-19)21(23)18-10-8-9-17(15-18)16-26(24,25)20-13-6-3-7-14-20/h3-4,7-10,13-19,24,28H,2,5-6,11-12,20H2,1H3;12-19,21,27H,3-11,20H2,1-2H3;5-10,12-15,21-22,26H,2-4,11,16-20H2,1H3;3,6-10,13-15,19H,2,4-5,11-12,16H2,1H3. The Labute approximate surface area is 748 Å². The number of ether oxygens (including phenoxy) is 1. The van der Waals surface area contributed by atoms with Crippen LogP contribution in [0.15, 0.2) is 257 Å². The number of unbranched alkanes of at least 4 members (excludes halogenated alkanes) is 6. The van der Waals surface area contributed by atoms with Gasteiger partial charge in [0, 0.05) is 89.3 Å². The van der Waals surface area contributed by atoms with Crippen LogP contribution in [0.25, 0.3) is 0 Å². The van der Waals surface area contributed by atoms with Gasteiger partial charge in [0.05, 0.1) is 44.8 Å². The van der Waals surface area contributed by atoms with Gasteiger partial charge in [0.15, 0.2) is 19.7 Å². The van der Waals surface area contributed by atoms with E-state index >= 15 is 0 Å². The van der Waals surface area contributed by atoms with Gasteiger partial charge in [-0.2, -0.15) is 0 Å². The van der Waals surface area contributed by atoms with Crippen molar-refractivity contribution in [3.63, 3.8) is 0 Å². The number of nitrogens with zero attached hydrogens (tertiary/aromatic N) is 4. The highest BCUT2D eigenvalue weighted by Crippen LogP contribution is 2.37. The van der Waals surface area contributed by atoms with Gasteiger partial charge < -0.3 is 14.5 Å². The van der Waals surface area contributed by atoms with Gasteiger partial charge in [0.1, 0.15) is 5.75 Å². The number of para-hydroxylation sites is 2. The summed E-state index contributed by atoms with van der Waals surface area (Å²) in [6.07, 6.45) is 26.2. The predicted molar refractivity (Wildman–Crippen MR) is 504 cm³/mol. The highest BCUT2D eigenvalue weighted by atomic mass is 32.2. The van der Waals surface area contributed by atoms with E-state index in [0.717, 1.165) is 150 Å². The van der Waals surface area contributed by atoms with E-state index in [0.29, 0.717) is 65.8 Å². The fourth-order valence-corrected chi connectivity index (χ4v) is 23.0. The van der Waals surface area contributed by atoms with Crippen molar-refractivity contribution in [2.75, 3.05) is 52.0 Å². The second-order valence-electron chi connectivity index (χ2n) is 33.2. The molecule has 0 atom stereocenters. The maximum atomic E-state index is 13.5. The zero-order chi connectivity index (χ0) is 90.1. The van der Waals surface area contributed by atoms with Crippen molar-refractivity contribution in [2.24, 2.45) is 11.8 Å². The second-order valence-corrected chi connectivity index (χ2v) is 42.6. The van der Waals surface area contributed by atoms with E-state index < -0.39 is 49.7 Å². The third-order valence-electron chi connectivity index (χ3n) is 23.6. The third-order valence-corrected chi connectivity index (χ3v) is 31.3. The molecule has 9 aromatic rings. The Morgan fingerprint density at radius 1 is 0.357 bits per heavy atom. The van der Waals surface area contributed by atoms with Gasteiger partial charge in [0.25, 0.3) is 21.8 Å². The quantitative estimate of drug-likeness (QED) is 0.0316. The number of methoxy groups -OCH3 is 1. The smallest absolute Gasteiger partial charge is 0.261 e. The van der Waals surface area contributed by atoms with Crippen LogP contribution in [0.5, 0.6) is 5.75 Å². The molecular formula is C99H125N7O15S5. The number of anilines is 6. The van der Waals surface area contributed by atoms with Gasteiger partial charge in [-0.3, -0.25) is 38.4 Å². The summed E-state index contributed by atoms with van der Waals surface area (Å²) in [4.78, 5) is 60.8. The molecule has 9 aromatic carbocycles. The molecule has 4 saturated carbocycles. The zero-order valence-corrected chi connectivity index (χ0v) is 77.4. The minimum absolute atomic E-state index is 0.00199. The number of rotatable bonds is 34. The molecular weight excluding hydrogens is 1690 g/mol. The van der Waals surface area contributed by atoms with Crippen LogP contribution in [-0.4, -0.2) is 126 Å². The summed E-state index contributed by atoms with van der Waals surface area (Å²) in [7, 11) is -12.5. The van der Waals surface area contributed by atoms with E-state index in [2.05, 4.69) is 28.0 Å². The summed E-state index contributed by atoms with van der Waals surface area (Å²) in [6, 6.07) is 70.1. The second kappa shape index (κ2) is 48.2. The molecule has 3 N–H and O–H groups in total. The van der Waals surface area contributed by atoms with E-state index in [1.54, 1.807) is 150 Å². The van der Waals surface area contributed by atoms with Crippen LogP contribution in [0.4, 0.5) is 34.1 Å². The Morgan fingerprint density at radius 3 is 1.21 bits per heavy atom. The number of sulfonamides is 3. The van der Waals surface area contributed by atoms with Crippen molar-refractivity contribution >= 4 is 107 Å².